The number of carbonyl (C=O) groups is 2. The number of halogens is 1. The highest BCUT2D eigenvalue weighted by Crippen LogP contribution is 2.23. The van der Waals surface area contributed by atoms with Crippen LogP contribution in [0.2, 0.25) is 5.02 Å². The van der Waals surface area contributed by atoms with E-state index >= 15 is 0 Å². The SMILES string of the molecule is Cc1ccc(C(=O)Nc2ccc(Cl)c(C(=O)NC3CCCCC3)c2)cc1. The zero-order valence-electron chi connectivity index (χ0n) is 14.8. The number of hydrogen-bond acceptors (Lipinski definition) is 2. The van der Waals surface area contributed by atoms with Crippen molar-refractivity contribution < 1.29 is 9.59 Å². The quantitative estimate of drug-likeness (QED) is 0.798. The third-order valence-corrected chi connectivity index (χ3v) is 5.05. The highest BCUT2D eigenvalue weighted by atomic mass is 35.5. The molecule has 3 rings (SSSR count). The van der Waals surface area contributed by atoms with Crippen LogP contribution in [0.1, 0.15) is 58.4 Å². The average Bonchev–Trinajstić information content (AvgIpc) is 2.64. The Labute approximate surface area is 158 Å². The van der Waals surface area contributed by atoms with Gasteiger partial charge in [-0.05, 0) is 50.1 Å². The number of anilines is 1. The summed E-state index contributed by atoms with van der Waals surface area (Å²) in [6.45, 7) is 1.97. The third kappa shape index (κ3) is 4.64. The number of amides is 2. The summed E-state index contributed by atoms with van der Waals surface area (Å²) in [6.07, 6.45) is 5.53. The van der Waals surface area contributed by atoms with E-state index in [9.17, 15) is 9.59 Å². The Balaban J connectivity index is 1.71. The Morgan fingerprint density at radius 3 is 2.35 bits per heavy atom. The normalized spacial score (nSPS) is 14.7. The maximum Gasteiger partial charge on any atom is 0.255 e. The second kappa shape index (κ2) is 8.37. The molecule has 1 aliphatic carbocycles. The van der Waals surface area contributed by atoms with Crippen LogP contribution in [0.4, 0.5) is 5.69 Å². The summed E-state index contributed by atoms with van der Waals surface area (Å²) in [6, 6.07) is 12.5. The molecule has 2 aromatic carbocycles. The standard InChI is InChI=1S/C21H23ClN2O2/c1-14-7-9-15(10-8-14)20(25)24-17-11-12-19(22)18(13-17)21(26)23-16-5-3-2-4-6-16/h7-13,16H,2-6H2,1H3,(H,23,26)(H,24,25). The maximum atomic E-state index is 12.6. The van der Waals surface area contributed by atoms with Gasteiger partial charge in [-0.25, -0.2) is 0 Å². The van der Waals surface area contributed by atoms with Gasteiger partial charge in [0.2, 0.25) is 0 Å². The van der Waals surface area contributed by atoms with Gasteiger partial charge in [0.15, 0.2) is 0 Å². The summed E-state index contributed by atoms with van der Waals surface area (Å²) in [4.78, 5) is 24.9. The summed E-state index contributed by atoms with van der Waals surface area (Å²) in [7, 11) is 0. The predicted molar refractivity (Wildman–Crippen MR) is 105 cm³/mol. The Kier molecular flexibility index (Phi) is 5.94. The minimum absolute atomic E-state index is 0.187. The van der Waals surface area contributed by atoms with Crippen LogP contribution in [0.5, 0.6) is 0 Å². The molecular weight excluding hydrogens is 348 g/mol. The van der Waals surface area contributed by atoms with E-state index in [2.05, 4.69) is 10.6 Å². The van der Waals surface area contributed by atoms with Gasteiger partial charge >= 0.3 is 0 Å². The van der Waals surface area contributed by atoms with Crippen LogP contribution in [0.3, 0.4) is 0 Å². The van der Waals surface area contributed by atoms with Gasteiger partial charge in [-0.1, -0.05) is 48.6 Å². The molecule has 2 amide bonds. The molecule has 4 nitrogen and oxygen atoms in total. The van der Waals surface area contributed by atoms with Gasteiger partial charge < -0.3 is 10.6 Å². The van der Waals surface area contributed by atoms with E-state index in [4.69, 9.17) is 11.6 Å². The highest BCUT2D eigenvalue weighted by Gasteiger charge is 2.19. The fourth-order valence-corrected chi connectivity index (χ4v) is 3.40. The largest absolute Gasteiger partial charge is 0.349 e. The van der Waals surface area contributed by atoms with Crippen LogP contribution >= 0.6 is 11.6 Å². The molecule has 0 radical (unpaired) electrons. The van der Waals surface area contributed by atoms with Crippen molar-refractivity contribution in [3.63, 3.8) is 0 Å². The monoisotopic (exact) mass is 370 g/mol. The van der Waals surface area contributed by atoms with Gasteiger partial charge in [-0.15, -0.1) is 0 Å². The van der Waals surface area contributed by atoms with Gasteiger partial charge in [0.25, 0.3) is 11.8 Å². The first kappa shape index (κ1) is 18.5. The van der Waals surface area contributed by atoms with Crippen molar-refractivity contribution in [2.24, 2.45) is 0 Å². The van der Waals surface area contributed by atoms with Crippen molar-refractivity contribution in [3.05, 3.63) is 64.2 Å². The molecule has 5 heteroatoms. The lowest BCUT2D eigenvalue weighted by Crippen LogP contribution is -2.36. The zero-order chi connectivity index (χ0) is 18.5. The molecule has 0 aliphatic heterocycles. The summed E-state index contributed by atoms with van der Waals surface area (Å²) in [5.74, 6) is -0.403. The number of rotatable bonds is 4. The molecule has 0 bridgehead atoms. The highest BCUT2D eigenvalue weighted by molar-refractivity contribution is 6.34. The lowest BCUT2D eigenvalue weighted by atomic mass is 9.95. The molecule has 136 valence electrons. The molecule has 1 aliphatic rings. The number of aryl methyl sites for hydroxylation is 1. The van der Waals surface area contributed by atoms with Crippen molar-refractivity contribution in [2.75, 3.05) is 5.32 Å². The first-order valence-corrected chi connectivity index (χ1v) is 9.39. The summed E-state index contributed by atoms with van der Waals surface area (Å²) >= 11 is 6.21. The molecular formula is C21H23ClN2O2. The Hall–Kier alpha value is -2.33. The second-order valence-corrected chi connectivity index (χ2v) is 7.23. The lowest BCUT2D eigenvalue weighted by molar-refractivity contribution is 0.0926. The van der Waals surface area contributed by atoms with Gasteiger partial charge in [-0.2, -0.15) is 0 Å². The molecule has 0 aromatic heterocycles. The fourth-order valence-electron chi connectivity index (χ4n) is 3.20. The van der Waals surface area contributed by atoms with Crippen LogP contribution in [-0.4, -0.2) is 17.9 Å². The first-order chi connectivity index (χ1) is 12.5. The topological polar surface area (TPSA) is 58.2 Å². The zero-order valence-corrected chi connectivity index (χ0v) is 15.6. The van der Waals surface area contributed by atoms with Crippen molar-refractivity contribution in [1.29, 1.82) is 0 Å². The molecule has 1 fully saturated rings. The van der Waals surface area contributed by atoms with Gasteiger partial charge in [0.1, 0.15) is 0 Å². The molecule has 0 unspecified atom stereocenters. The molecule has 26 heavy (non-hydrogen) atoms. The van der Waals surface area contributed by atoms with Gasteiger partial charge in [-0.3, -0.25) is 9.59 Å². The predicted octanol–water partition coefficient (Wildman–Crippen LogP) is 4.96. The van der Waals surface area contributed by atoms with E-state index in [0.29, 0.717) is 21.8 Å². The maximum absolute atomic E-state index is 12.6. The van der Waals surface area contributed by atoms with Gasteiger partial charge in [0.05, 0.1) is 10.6 Å². The minimum Gasteiger partial charge on any atom is -0.349 e. The Morgan fingerprint density at radius 2 is 1.65 bits per heavy atom. The molecule has 1 saturated carbocycles. The van der Waals surface area contributed by atoms with E-state index in [1.807, 2.05) is 19.1 Å². The summed E-state index contributed by atoms with van der Waals surface area (Å²) < 4.78 is 0. The average molecular weight is 371 g/mol. The molecule has 0 saturated heterocycles. The first-order valence-electron chi connectivity index (χ1n) is 9.01. The van der Waals surface area contributed by atoms with E-state index in [1.54, 1.807) is 30.3 Å². The number of nitrogens with one attached hydrogen (secondary N) is 2. The summed E-state index contributed by atoms with van der Waals surface area (Å²) in [5.41, 5.74) is 2.60. The molecule has 0 spiro atoms. The molecule has 0 atom stereocenters. The van der Waals surface area contributed by atoms with Crippen molar-refractivity contribution >= 4 is 29.1 Å². The van der Waals surface area contributed by atoms with Crippen LogP contribution in [-0.2, 0) is 0 Å². The van der Waals surface area contributed by atoms with Crippen molar-refractivity contribution in [1.82, 2.24) is 5.32 Å². The lowest BCUT2D eigenvalue weighted by Gasteiger charge is -2.23. The smallest absolute Gasteiger partial charge is 0.255 e. The van der Waals surface area contributed by atoms with E-state index in [1.165, 1.54) is 6.42 Å². The second-order valence-electron chi connectivity index (χ2n) is 6.82. The number of benzene rings is 2. The van der Waals surface area contributed by atoms with Crippen LogP contribution in [0.25, 0.3) is 0 Å². The van der Waals surface area contributed by atoms with E-state index in [-0.39, 0.29) is 17.9 Å². The van der Waals surface area contributed by atoms with E-state index < -0.39 is 0 Å². The van der Waals surface area contributed by atoms with Crippen LogP contribution in [0, 0.1) is 6.92 Å². The van der Waals surface area contributed by atoms with Crippen molar-refractivity contribution in [3.8, 4) is 0 Å². The third-order valence-electron chi connectivity index (χ3n) is 4.72. The molecule has 0 heterocycles. The summed E-state index contributed by atoms with van der Waals surface area (Å²) in [5, 5.41) is 6.27. The van der Waals surface area contributed by atoms with Crippen molar-refractivity contribution in [2.45, 2.75) is 45.1 Å². The fraction of sp³-hybridized carbons (Fsp3) is 0.333. The Bertz CT molecular complexity index is 796. The molecule has 2 N–H and O–H groups in total. The Morgan fingerprint density at radius 1 is 0.962 bits per heavy atom. The number of hydrogen-bond donors (Lipinski definition) is 2. The van der Waals surface area contributed by atoms with Crippen LogP contribution < -0.4 is 10.6 Å². The number of carbonyl (C=O) groups excluding carboxylic acids is 2. The molecule has 2 aromatic rings. The van der Waals surface area contributed by atoms with E-state index in [0.717, 1.165) is 31.2 Å². The minimum atomic E-state index is -0.217. The van der Waals surface area contributed by atoms with Gasteiger partial charge in [0, 0.05) is 17.3 Å². The van der Waals surface area contributed by atoms with Crippen LogP contribution in [0.15, 0.2) is 42.5 Å².